The van der Waals surface area contributed by atoms with Crippen molar-refractivity contribution in [1.82, 2.24) is 9.55 Å². The van der Waals surface area contributed by atoms with E-state index in [0.717, 1.165) is 23.4 Å². The van der Waals surface area contributed by atoms with Crippen LogP contribution in [0.25, 0.3) is 16.6 Å². The van der Waals surface area contributed by atoms with Crippen LogP contribution in [0.4, 0.5) is 0 Å². The first-order valence-corrected chi connectivity index (χ1v) is 9.25. The number of thioether (sulfide) groups is 1. The molecule has 0 N–H and O–H groups in total. The van der Waals surface area contributed by atoms with Crippen molar-refractivity contribution in [2.24, 2.45) is 0 Å². The topological polar surface area (TPSA) is 58.7 Å². The van der Waals surface area contributed by atoms with Gasteiger partial charge in [0.25, 0.3) is 5.56 Å². The lowest BCUT2D eigenvalue weighted by Gasteiger charge is -2.13. The third kappa shape index (κ3) is 3.87. The summed E-state index contributed by atoms with van der Waals surface area (Å²) in [6, 6.07) is 15.0. The Balaban J connectivity index is 2.17. The third-order valence-electron chi connectivity index (χ3n) is 3.72. The number of fused-ring (bicyclic) bond motifs is 1. The molecule has 0 atom stereocenters. The zero-order chi connectivity index (χ0) is 17.8. The Labute approximate surface area is 155 Å². The van der Waals surface area contributed by atoms with Crippen LogP contribution in [-0.4, -0.2) is 15.3 Å². The van der Waals surface area contributed by atoms with Crippen LogP contribution in [0.5, 0.6) is 0 Å². The Bertz CT molecular complexity index is 1020. The maximum atomic E-state index is 13.1. The highest BCUT2D eigenvalue weighted by atomic mass is 35.5. The highest BCUT2D eigenvalue weighted by Crippen LogP contribution is 2.24. The molecular formula is C19H16ClN3OS. The van der Waals surface area contributed by atoms with Crippen LogP contribution in [0.2, 0.25) is 5.02 Å². The highest BCUT2D eigenvalue weighted by Gasteiger charge is 2.13. The van der Waals surface area contributed by atoms with Crippen LogP contribution < -0.4 is 5.56 Å². The number of hydrogen-bond donors (Lipinski definition) is 0. The molecule has 1 aromatic heterocycles. The third-order valence-corrected chi connectivity index (χ3v) is 4.98. The molecule has 3 aromatic rings. The summed E-state index contributed by atoms with van der Waals surface area (Å²) in [6.07, 6.45) is 1.24. The van der Waals surface area contributed by atoms with Gasteiger partial charge >= 0.3 is 0 Å². The Morgan fingerprint density at radius 2 is 2.12 bits per heavy atom. The molecule has 4 nitrogen and oxygen atoms in total. The van der Waals surface area contributed by atoms with Crippen molar-refractivity contribution in [3.63, 3.8) is 0 Å². The summed E-state index contributed by atoms with van der Waals surface area (Å²) in [5.41, 5.74) is 2.33. The molecule has 1 heterocycles. The van der Waals surface area contributed by atoms with E-state index in [4.69, 9.17) is 16.9 Å². The Morgan fingerprint density at radius 1 is 1.28 bits per heavy atom. The zero-order valence-corrected chi connectivity index (χ0v) is 15.3. The van der Waals surface area contributed by atoms with E-state index in [1.54, 1.807) is 22.8 Å². The lowest BCUT2D eigenvalue weighted by atomic mass is 10.2. The Hall–Kier alpha value is -2.29. The van der Waals surface area contributed by atoms with Gasteiger partial charge in [0.05, 0.1) is 22.7 Å². The molecule has 0 bridgehead atoms. The SMILES string of the molecule is Cc1cccc(-n2c(SCCCC#N)nc3cc(Cl)ccc3c2=O)c1. The van der Waals surface area contributed by atoms with Gasteiger partial charge in [-0.05, 0) is 49.2 Å². The van der Waals surface area contributed by atoms with Gasteiger partial charge in [0.1, 0.15) is 0 Å². The smallest absolute Gasteiger partial charge is 0.266 e. The van der Waals surface area contributed by atoms with Crippen LogP contribution in [0.3, 0.4) is 0 Å². The van der Waals surface area contributed by atoms with Crippen LogP contribution in [0.15, 0.2) is 52.4 Å². The summed E-state index contributed by atoms with van der Waals surface area (Å²) in [7, 11) is 0. The molecule has 6 heteroatoms. The molecule has 0 aliphatic rings. The van der Waals surface area contributed by atoms with E-state index in [-0.39, 0.29) is 5.56 Å². The van der Waals surface area contributed by atoms with Gasteiger partial charge < -0.3 is 0 Å². The van der Waals surface area contributed by atoms with Gasteiger partial charge in [0.15, 0.2) is 5.16 Å². The van der Waals surface area contributed by atoms with E-state index in [2.05, 4.69) is 11.1 Å². The fraction of sp³-hybridized carbons (Fsp3) is 0.211. The molecule has 0 radical (unpaired) electrons. The van der Waals surface area contributed by atoms with Crippen molar-refractivity contribution in [2.45, 2.75) is 24.9 Å². The van der Waals surface area contributed by atoms with E-state index in [1.165, 1.54) is 11.8 Å². The molecular weight excluding hydrogens is 354 g/mol. The van der Waals surface area contributed by atoms with E-state index >= 15 is 0 Å². The van der Waals surface area contributed by atoms with Gasteiger partial charge in [-0.3, -0.25) is 9.36 Å². The van der Waals surface area contributed by atoms with E-state index in [0.29, 0.717) is 27.5 Å². The summed E-state index contributed by atoms with van der Waals surface area (Å²) in [5.74, 6) is 0.720. The van der Waals surface area contributed by atoms with Crippen LogP contribution in [0.1, 0.15) is 18.4 Å². The van der Waals surface area contributed by atoms with Crippen molar-refractivity contribution >= 4 is 34.3 Å². The standard InChI is InChI=1S/C19H16ClN3OS/c1-13-5-4-6-15(11-13)23-18(24)16-8-7-14(20)12-17(16)22-19(23)25-10-3-2-9-21/h4-8,11-12H,2-3,10H2,1H3. The number of rotatable bonds is 5. The summed E-state index contributed by atoms with van der Waals surface area (Å²) >= 11 is 7.54. The number of aryl methyl sites for hydroxylation is 1. The van der Waals surface area contributed by atoms with Crippen molar-refractivity contribution in [3.8, 4) is 11.8 Å². The van der Waals surface area contributed by atoms with Gasteiger partial charge in [-0.1, -0.05) is 35.5 Å². The average Bonchev–Trinajstić information content (AvgIpc) is 2.58. The predicted molar refractivity (Wildman–Crippen MR) is 103 cm³/mol. The predicted octanol–water partition coefficient (Wildman–Crippen LogP) is 4.74. The number of halogens is 1. The molecule has 0 aliphatic heterocycles. The average molecular weight is 370 g/mol. The summed E-state index contributed by atoms with van der Waals surface area (Å²) < 4.78 is 1.64. The first-order valence-electron chi connectivity index (χ1n) is 7.89. The van der Waals surface area contributed by atoms with Gasteiger partial charge in [-0.15, -0.1) is 0 Å². The van der Waals surface area contributed by atoms with E-state index in [9.17, 15) is 4.79 Å². The number of hydrogen-bond acceptors (Lipinski definition) is 4. The molecule has 3 rings (SSSR count). The van der Waals surface area contributed by atoms with E-state index in [1.807, 2.05) is 31.2 Å². The molecule has 0 fully saturated rings. The van der Waals surface area contributed by atoms with Crippen LogP contribution >= 0.6 is 23.4 Å². The van der Waals surface area contributed by atoms with Crippen molar-refractivity contribution in [1.29, 1.82) is 5.26 Å². The fourth-order valence-electron chi connectivity index (χ4n) is 2.54. The number of nitrogens with zero attached hydrogens (tertiary/aromatic N) is 3. The lowest BCUT2D eigenvalue weighted by molar-refractivity contribution is 0.816. The second-order valence-corrected chi connectivity index (χ2v) is 7.14. The van der Waals surface area contributed by atoms with Crippen molar-refractivity contribution < 1.29 is 0 Å². The van der Waals surface area contributed by atoms with Gasteiger partial charge in [-0.25, -0.2) is 4.98 Å². The monoisotopic (exact) mass is 369 g/mol. The molecule has 0 unspecified atom stereocenters. The second-order valence-electron chi connectivity index (χ2n) is 5.65. The summed E-state index contributed by atoms with van der Waals surface area (Å²) in [6.45, 7) is 1.99. The van der Waals surface area contributed by atoms with Crippen molar-refractivity contribution in [3.05, 3.63) is 63.4 Å². The fourth-order valence-corrected chi connectivity index (χ4v) is 3.66. The number of benzene rings is 2. The number of unbranched alkanes of at least 4 members (excludes halogenated alkanes) is 1. The first-order chi connectivity index (χ1) is 12.1. The molecule has 2 aromatic carbocycles. The minimum absolute atomic E-state index is 0.116. The lowest BCUT2D eigenvalue weighted by Crippen LogP contribution is -2.22. The van der Waals surface area contributed by atoms with Gasteiger partial charge in [0, 0.05) is 17.2 Å². The molecule has 0 amide bonds. The molecule has 0 saturated carbocycles. The van der Waals surface area contributed by atoms with Crippen molar-refractivity contribution in [2.75, 3.05) is 5.75 Å². The summed E-state index contributed by atoms with van der Waals surface area (Å²) in [5, 5.41) is 10.4. The number of nitriles is 1. The minimum atomic E-state index is -0.116. The molecule has 0 aliphatic carbocycles. The van der Waals surface area contributed by atoms with E-state index < -0.39 is 0 Å². The Morgan fingerprint density at radius 3 is 2.88 bits per heavy atom. The maximum absolute atomic E-state index is 13.1. The van der Waals surface area contributed by atoms with Crippen LogP contribution in [0, 0.1) is 18.3 Å². The minimum Gasteiger partial charge on any atom is -0.268 e. The molecule has 0 spiro atoms. The largest absolute Gasteiger partial charge is 0.268 e. The quantitative estimate of drug-likeness (QED) is 0.370. The highest BCUT2D eigenvalue weighted by molar-refractivity contribution is 7.99. The molecule has 126 valence electrons. The number of aromatic nitrogens is 2. The Kier molecular flexibility index (Phi) is 5.42. The first kappa shape index (κ1) is 17.5. The zero-order valence-electron chi connectivity index (χ0n) is 13.7. The van der Waals surface area contributed by atoms with Gasteiger partial charge in [0.2, 0.25) is 0 Å². The summed E-state index contributed by atoms with van der Waals surface area (Å²) in [4.78, 5) is 17.7. The van der Waals surface area contributed by atoms with Gasteiger partial charge in [-0.2, -0.15) is 5.26 Å². The molecule has 25 heavy (non-hydrogen) atoms. The second kappa shape index (κ2) is 7.73. The maximum Gasteiger partial charge on any atom is 0.266 e. The molecule has 0 saturated heterocycles. The van der Waals surface area contributed by atoms with Crippen LogP contribution in [-0.2, 0) is 0 Å². The normalized spacial score (nSPS) is 10.8.